The number of rotatable bonds is 5. The van der Waals surface area contributed by atoms with Crippen LogP contribution in [0.5, 0.6) is 0 Å². The smallest absolute Gasteiger partial charge is 0.335 e. The maximum Gasteiger partial charge on any atom is 0.335 e. The van der Waals surface area contributed by atoms with Gasteiger partial charge in [-0.25, -0.2) is 4.79 Å². The molecular weight excluding hydrogens is 324 g/mol. The summed E-state index contributed by atoms with van der Waals surface area (Å²) in [5, 5.41) is 10.6. The third-order valence-electron chi connectivity index (χ3n) is 5.49. The van der Waals surface area contributed by atoms with Crippen LogP contribution in [0.25, 0.3) is 10.9 Å². The van der Waals surface area contributed by atoms with Crippen molar-refractivity contribution in [1.82, 2.24) is 9.88 Å². The number of hydrogen-bond donors (Lipinski definition) is 2. The van der Waals surface area contributed by atoms with Gasteiger partial charge >= 0.3 is 5.97 Å². The standard InChI is InChI=1S/C22H24N2O2/c25-22(26)20-4-2-1-3-18(20)13-16-8-11-24(12-9-16)15-17-5-6-21-19(14-17)7-10-23-21/h1-7,10,14,16,23H,8-9,11-13,15H2,(H,25,26). The Kier molecular flexibility index (Phi) is 4.76. The lowest BCUT2D eigenvalue weighted by atomic mass is 9.88. The first-order chi connectivity index (χ1) is 12.7. The molecule has 4 heteroatoms. The van der Waals surface area contributed by atoms with Crippen LogP contribution >= 0.6 is 0 Å². The van der Waals surface area contributed by atoms with Gasteiger partial charge in [-0.15, -0.1) is 0 Å². The number of fused-ring (bicyclic) bond motifs is 1. The van der Waals surface area contributed by atoms with Gasteiger partial charge in [-0.3, -0.25) is 4.90 Å². The Bertz CT molecular complexity index is 907. The first kappa shape index (κ1) is 16.9. The van der Waals surface area contributed by atoms with Gasteiger partial charge in [-0.05, 0) is 79.0 Å². The topological polar surface area (TPSA) is 56.3 Å². The van der Waals surface area contributed by atoms with Crippen molar-refractivity contribution < 1.29 is 9.90 Å². The van der Waals surface area contributed by atoms with Crippen LogP contribution in [0.2, 0.25) is 0 Å². The molecule has 0 bridgehead atoms. The summed E-state index contributed by atoms with van der Waals surface area (Å²) < 4.78 is 0. The summed E-state index contributed by atoms with van der Waals surface area (Å²) in [5.74, 6) is -0.253. The molecule has 0 atom stereocenters. The maximum atomic E-state index is 11.4. The number of benzene rings is 2. The van der Waals surface area contributed by atoms with E-state index in [4.69, 9.17) is 0 Å². The number of aromatic nitrogens is 1. The van der Waals surface area contributed by atoms with Gasteiger partial charge in [0, 0.05) is 18.3 Å². The van der Waals surface area contributed by atoms with Crippen LogP contribution in [-0.2, 0) is 13.0 Å². The number of nitrogens with zero attached hydrogens (tertiary/aromatic N) is 1. The fraction of sp³-hybridized carbons (Fsp3) is 0.318. The Hall–Kier alpha value is -2.59. The van der Waals surface area contributed by atoms with Crippen LogP contribution in [0, 0.1) is 5.92 Å². The van der Waals surface area contributed by atoms with E-state index in [-0.39, 0.29) is 0 Å². The van der Waals surface area contributed by atoms with E-state index < -0.39 is 5.97 Å². The van der Waals surface area contributed by atoms with Gasteiger partial charge in [0.05, 0.1) is 5.56 Å². The summed E-state index contributed by atoms with van der Waals surface area (Å²) in [4.78, 5) is 17.1. The quantitative estimate of drug-likeness (QED) is 0.722. The summed E-state index contributed by atoms with van der Waals surface area (Å²) in [6, 6.07) is 16.1. The lowest BCUT2D eigenvalue weighted by Gasteiger charge is -2.32. The summed E-state index contributed by atoms with van der Waals surface area (Å²) >= 11 is 0. The van der Waals surface area contributed by atoms with E-state index in [1.54, 1.807) is 12.1 Å². The Morgan fingerprint density at radius 1 is 1.12 bits per heavy atom. The number of aromatic carboxylic acids is 1. The van der Waals surface area contributed by atoms with Gasteiger partial charge < -0.3 is 10.1 Å². The van der Waals surface area contributed by atoms with Crippen LogP contribution in [-0.4, -0.2) is 34.0 Å². The highest BCUT2D eigenvalue weighted by Gasteiger charge is 2.21. The van der Waals surface area contributed by atoms with Crippen LogP contribution in [0.3, 0.4) is 0 Å². The Morgan fingerprint density at radius 2 is 1.92 bits per heavy atom. The Labute approximate surface area is 153 Å². The molecule has 1 aliphatic rings. The number of carboxylic acid groups (broad SMARTS) is 1. The molecule has 0 aliphatic carbocycles. The highest BCUT2D eigenvalue weighted by Crippen LogP contribution is 2.25. The fourth-order valence-corrected chi connectivity index (χ4v) is 4.03. The average molecular weight is 348 g/mol. The van der Waals surface area contributed by atoms with Crippen molar-refractivity contribution >= 4 is 16.9 Å². The molecule has 3 aromatic rings. The number of carbonyl (C=O) groups is 1. The van der Waals surface area contributed by atoms with Crippen LogP contribution in [0.15, 0.2) is 54.7 Å². The van der Waals surface area contributed by atoms with Crippen molar-refractivity contribution in [2.75, 3.05) is 13.1 Å². The summed E-state index contributed by atoms with van der Waals surface area (Å²) in [6.07, 6.45) is 5.10. The number of nitrogens with one attached hydrogen (secondary N) is 1. The Balaban J connectivity index is 1.35. The van der Waals surface area contributed by atoms with Crippen molar-refractivity contribution in [3.05, 3.63) is 71.4 Å². The lowest BCUT2D eigenvalue weighted by Crippen LogP contribution is -2.34. The van der Waals surface area contributed by atoms with Gasteiger partial charge in [-0.1, -0.05) is 24.3 Å². The van der Waals surface area contributed by atoms with Gasteiger partial charge in [-0.2, -0.15) is 0 Å². The molecule has 1 fully saturated rings. The predicted molar refractivity (Wildman–Crippen MR) is 103 cm³/mol. The largest absolute Gasteiger partial charge is 0.478 e. The molecule has 0 saturated carbocycles. The van der Waals surface area contributed by atoms with Crippen LogP contribution < -0.4 is 0 Å². The van der Waals surface area contributed by atoms with E-state index in [2.05, 4.69) is 34.1 Å². The molecule has 1 aliphatic heterocycles. The molecule has 4 nitrogen and oxygen atoms in total. The number of hydrogen-bond acceptors (Lipinski definition) is 2. The number of aromatic amines is 1. The highest BCUT2D eigenvalue weighted by molar-refractivity contribution is 5.89. The van der Waals surface area contributed by atoms with Gasteiger partial charge in [0.1, 0.15) is 0 Å². The minimum atomic E-state index is -0.821. The fourth-order valence-electron chi connectivity index (χ4n) is 4.03. The number of H-pyrrole nitrogens is 1. The van der Waals surface area contributed by atoms with Crippen LogP contribution in [0.1, 0.15) is 34.3 Å². The molecule has 1 aromatic heterocycles. The molecule has 0 spiro atoms. The maximum absolute atomic E-state index is 11.4. The second-order valence-electron chi connectivity index (χ2n) is 7.29. The van der Waals surface area contributed by atoms with E-state index in [1.807, 2.05) is 18.3 Å². The van der Waals surface area contributed by atoms with Crippen molar-refractivity contribution in [2.45, 2.75) is 25.8 Å². The molecule has 0 amide bonds. The normalized spacial score (nSPS) is 16.2. The second kappa shape index (κ2) is 7.34. The number of piperidine rings is 1. The van der Waals surface area contributed by atoms with Crippen molar-refractivity contribution in [2.24, 2.45) is 5.92 Å². The first-order valence-electron chi connectivity index (χ1n) is 9.28. The third-order valence-corrected chi connectivity index (χ3v) is 5.49. The van der Waals surface area contributed by atoms with Crippen LogP contribution in [0.4, 0.5) is 0 Å². The predicted octanol–water partition coefficient (Wildman–Crippen LogP) is 4.32. The monoisotopic (exact) mass is 348 g/mol. The lowest BCUT2D eigenvalue weighted by molar-refractivity contribution is 0.0695. The summed E-state index contributed by atoms with van der Waals surface area (Å²) in [7, 11) is 0. The summed E-state index contributed by atoms with van der Waals surface area (Å²) in [6.45, 7) is 3.13. The van der Waals surface area contributed by atoms with Gasteiger partial charge in [0.25, 0.3) is 0 Å². The molecule has 134 valence electrons. The van der Waals surface area contributed by atoms with Gasteiger partial charge in [0.15, 0.2) is 0 Å². The molecule has 2 heterocycles. The zero-order valence-corrected chi connectivity index (χ0v) is 14.8. The molecule has 0 unspecified atom stereocenters. The molecule has 2 N–H and O–H groups in total. The SMILES string of the molecule is O=C(O)c1ccccc1CC1CCN(Cc2ccc3[nH]ccc3c2)CC1. The van der Waals surface area contributed by atoms with Crippen molar-refractivity contribution in [3.8, 4) is 0 Å². The number of carboxylic acids is 1. The van der Waals surface area contributed by atoms with Crippen molar-refractivity contribution in [1.29, 1.82) is 0 Å². The van der Waals surface area contributed by atoms with E-state index in [0.29, 0.717) is 11.5 Å². The third kappa shape index (κ3) is 3.65. The average Bonchev–Trinajstić information content (AvgIpc) is 3.11. The summed E-state index contributed by atoms with van der Waals surface area (Å²) in [5.41, 5.74) is 3.96. The number of likely N-dealkylation sites (tertiary alicyclic amines) is 1. The second-order valence-corrected chi connectivity index (χ2v) is 7.29. The molecule has 2 aromatic carbocycles. The zero-order valence-electron chi connectivity index (χ0n) is 14.8. The highest BCUT2D eigenvalue weighted by atomic mass is 16.4. The molecular formula is C22H24N2O2. The molecule has 4 rings (SSSR count). The molecule has 0 radical (unpaired) electrons. The van der Waals surface area contributed by atoms with Gasteiger partial charge in [0.2, 0.25) is 0 Å². The minimum Gasteiger partial charge on any atom is -0.478 e. The van der Waals surface area contributed by atoms with E-state index in [1.165, 1.54) is 16.5 Å². The van der Waals surface area contributed by atoms with Crippen molar-refractivity contribution in [3.63, 3.8) is 0 Å². The zero-order chi connectivity index (χ0) is 17.9. The van der Waals surface area contributed by atoms with E-state index in [9.17, 15) is 9.90 Å². The molecule has 1 saturated heterocycles. The van der Waals surface area contributed by atoms with E-state index in [0.717, 1.165) is 44.5 Å². The first-order valence-corrected chi connectivity index (χ1v) is 9.28. The Morgan fingerprint density at radius 3 is 2.73 bits per heavy atom. The molecule has 26 heavy (non-hydrogen) atoms. The minimum absolute atomic E-state index is 0.453. The van der Waals surface area contributed by atoms with E-state index >= 15 is 0 Å².